The van der Waals surface area contributed by atoms with Crippen molar-refractivity contribution in [1.29, 1.82) is 0 Å². The SMILES string of the molecule is CCSc1nc(-c2ccc(C)cc2)n2nc(C)cc2n1. The highest BCUT2D eigenvalue weighted by Crippen LogP contribution is 2.22. The summed E-state index contributed by atoms with van der Waals surface area (Å²) in [5, 5.41) is 5.30. The van der Waals surface area contributed by atoms with Gasteiger partial charge < -0.3 is 0 Å². The van der Waals surface area contributed by atoms with E-state index >= 15 is 0 Å². The Hall–Kier alpha value is -1.88. The fourth-order valence-corrected chi connectivity index (χ4v) is 2.63. The maximum atomic E-state index is 4.66. The van der Waals surface area contributed by atoms with Crippen molar-refractivity contribution in [3.8, 4) is 11.4 Å². The molecule has 0 radical (unpaired) electrons. The van der Waals surface area contributed by atoms with E-state index in [0.717, 1.165) is 33.6 Å². The number of aromatic nitrogens is 4. The Morgan fingerprint density at radius 1 is 1.10 bits per heavy atom. The van der Waals surface area contributed by atoms with Crippen molar-refractivity contribution in [2.75, 3.05) is 5.75 Å². The summed E-state index contributed by atoms with van der Waals surface area (Å²) < 4.78 is 1.82. The molecule has 0 saturated heterocycles. The van der Waals surface area contributed by atoms with Crippen molar-refractivity contribution < 1.29 is 0 Å². The van der Waals surface area contributed by atoms with Crippen LogP contribution in [0, 0.1) is 13.8 Å². The lowest BCUT2D eigenvalue weighted by molar-refractivity contribution is 0.837. The predicted molar refractivity (Wildman–Crippen MR) is 82.1 cm³/mol. The summed E-state index contributed by atoms with van der Waals surface area (Å²) in [6.07, 6.45) is 0. The molecule has 0 atom stereocenters. The van der Waals surface area contributed by atoms with E-state index in [1.807, 2.05) is 17.5 Å². The molecule has 20 heavy (non-hydrogen) atoms. The molecule has 0 fully saturated rings. The lowest BCUT2D eigenvalue weighted by Gasteiger charge is -2.06. The molecule has 4 nitrogen and oxygen atoms in total. The minimum Gasteiger partial charge on any atom is -0.203 e. The van der Waals surface area contributed by atoms with E-state index < -0.39 is 0 Å². The first-order valence-corrected chi connectivity index (χ1v) is 7.60. The molecule has 0 N–H and O–H groups in total. The molecule has 0 aliphatic heterocycles. The van der Waals surface area contributed by atoms with Crippen LogP contribution in [0.4, 0.5) is 0 Å². The molecule has 102 valence electrons. The van der Waals surface area contributed by atoms with Crippen molar-refractivity contribution >= 4 is 17.4 Å². The van der Waals surface area contributed by atoms with E-state index in [-0.39, 0.29) is 0 Å². The highest BCUT2D eigenvalue weighted by molar-refractivity contribution is 7.99. The maximum absolute atomic E-state index is 4.66. The summed E-state index contributed by atoms with van der Waals surface area (Å²) in [5.41, 5.74) is 4.10. The van der Waals surface area contributed by atoms with Gasteiger partial charge in [0, 0.05) is 11.6 Å². The fourth-order valence-electron chi connectivity index (χ4n) is 2.07. The molecule has 2 aromatic heterocycles. The predicted octanol–water partition coefficient (Wildman–Crippen LogP) is 3.52. The summed E-state index contributed by atoms with van der Waals surface area (Å²) in [4.78, 5) is 9.20. The molecule has 0 spiro atoms. The highest BCUT2D eigenvalue weighted by atomic mass is 32.2. The summed E-state index contributed by atoms with van der Waals surface area (Å²) in [6, 6.07) is 10.3. The van der Waals surface area contributed by atoms with E-state index in [2.05, 4.69) is 53.2 Å². The molecule has 3 rings (SSSR count). The van der Waals surface area contributed by atoms with Crippen LogP contribution in [0.5, 0.6) is 0 Å². The van der Waals surface area contributed by atoms with Crippen LogP contribution in [0.1, 0.15) is 18.2 Å². The summed E-state index contributed by atoms with van der Waals surface area (Å²) in [5.74, 6) is 1.80. The topological polar surface area (TPSA) is 43.1 Å². The number of fused-ring (bicyclic) bond motifs is 1. The molecule has 1 aromatic carbocycles. The van der Waals surface area contributed by atoms with Gasteiger partial charge in [0.2, 0.25) is 0 Å². The summed E-state index contributed by atoms with van der Waals surface area (Å²) in [6.45, 7) is 6.15. The average Bonchev–Trinajstić information content (AvgIpc) is 2.79. The molecular formula is C15H16N4S. The Labute approximate surface area is 122 Å². The first-order valence-electron chi connectivity index (χ1n) is 6.61. The standard InChI is InChI=1S/C15H16N4S/c1-4-20-15-16-13-9-11(3)18-19(13)14(17-15)12-7-5-10(2)6-8-12/h5-9H,4H2,1-3H3. The van der Waals surface area contributed by atoms with Gasteiger partial charge in [-0.25, -0.2) is 9.97 Å². The Bertz CT molecular complexity index is 746. The number of aryl methyl sites for hydroxylation is 2. The Kier molecular flexibility index (Phi) is 3.44. The molecule has 2 heterocycles. The molecule has 5 heteroatoms. The quantitative estimate of drug-likeness (QED) is 0.690. The zero-order valence-corrected chi connectivity index (χ0v) is 12.6. The zero-order valence-electron chi connectivity index (χ0n) is 11.8. The largest absolute Gasteiger partial charge is 0.203 e. The van der Waals surface area contributed by atoms with Gasteiger partial charge in [0.05, 0.1) is 5.69 Å². The highest BCUT2D eigenvalue weighted by Gasteiger charge is 2.11. The monoisotopic (exact) mass is 284 g/mol. The third-order valence-corrected chi connectivity index (χ3v) is 3.74. The first-order chi connectivity index (χ1) is 9.67. The second-order valence-corrected chi connectivity index (χ2v) is 5.92. The van der Waals surface area contributed by atoms with Gasteiger partial charge >= 0.3 is 0 Å². The van der Waals surface area contributed by atoms with E-state index in [1.54, 1.807) is 11.8 Å². The van der Waals surface area contributed by atoms with Crippen LogP contribution in [0.3, 0.4) is 0 Å². The van der Waals surface area contributed by atoms with Crippen molar-refractivity contribution in [3.05, 3.63) is 41.6 Å². The smallest absolute Gasteiger partial charge is 0.191 e. The van der Waals surface area contributed by atoms with Crippen LogP contribution in [0.15, 0.2) is 35.5 Å². The molecule has 0 saturated carbocycles. The van der Waals surface area contributed by atoms with E-state index in [1.165, 1.54) is 5.56 Å². The second kappa shape index (κ2) is 5.25. The number of thioether (sulfide) groups is 1. The Morgan fingerprint density at radius 2 is 1.85 bits per heavy atom. The summed E-state index contributed by atoms with van der Waals surface area (Å²) in [7, 11) is 0. The lowest BCUT2D eigenvalue weighted by Crippen LogP contribution is -2.02. The van der Waals surface area contributed by atoms with Crippen LogP contribution < -0.4 is 0 Å². The van der Waals surface area contributed by atoms with Gasteiger partial charge in [-0.05, 0) is 19.6 Å². The zero-order chi connectivity index (χ0) is 14.1. The van der Waals surface area contributed by atoms with Gasteiger partial charge in [0.15, 0.2) is 16.6 Å². The third-order valence-electron chi connectivity index (χ3n) is 3.01. The van der Waals surface area contributed by atoms with E-state index in [4.69, 9.17) is 0 Å². The van der Waals surface area contributed by atoms with Crippen molar-refractivity contribution in [2.45, 2.75) is 25.9 Å². The molecule has 0 unspecified atom stereocenters. The minimum atomic E-state index is 0.801. The average molecular weight is 284 g/mol. The molecule has 0 bridgehead atoms. The van der Waals surface area contributed by atoms with E-state index in [0.29, 0.717) is 0 Å². The van der Waals surface area contributed by atoms with Gasteiger partial charge in [-0.3, -0.25) is 0 Å². The van der Waals surface area contributed by atoms with Gasteiger partial charge in [-0.15, -0.1) is 0 Å². The summed E-state index contributed by atoms with van der Waals surface area (Å²) >= 11 is 1.65. The molecule has 0 aliphatic rings. The maximum Gasteiger partial charge on any atom is 0.191 e. The number of benzene rings is 1. The molecule has 0 aliphatic carbocycles. The lowest BCUT2D eigenvalue weighted by atomic mass is 10.1. The second-order valence-electron chi connectivity index (χ2n) is 4.68. The van der Waals surface area contributed by atoms with E-state index in [9.17, 15) is 0 Å². The number of rotatable bonds is 3. The Morgan fingerprint density at radius 3 is 2.55 bits per heavy atom. The van der Waals surface area contributed by atoms with Gasteiger partial charge in [-0.2, -0.15) is 9.61 Å². The molecular weight excluding hydrogens is 268 g/mol. The van der Waals surface area contributed by atoms with Gasteiger partial charge in [0.1, 0.15) is 0 Å². The van der Waals surface area contributed by atoms with Crippen molar-refractivity contribution in [2.24, 2.45) is 0 Å². The van der Waals surface area contributed by atoms with Crippen molar-refractivity contribution in [3.63, 3.8) is 0 Å². The Balaban J connectivity index is 2.23. The number of hydrogen-bond donors (Lipinski definition) is 0. The van der Waals surface area contributed by atoms with Crippen LogP contribution in [-0.2, 0) is 0 Å². The van der Waals surface area contributed by atoms with Crippen molar-refractivity contribution in [1.82, 2.24) is 19.6 Å². The van der Waals surface area contributed by atoms with Gasteiger partial charge in [0.25, 0.3) is 0 Å². The molecule has 0 amide bonds. The first kappa shape index (κ1) is 13.1. The van der Waals surface area contributed by atoms with Crippen LogP contribution >= 0.6 is 11.8 Å². The molecule has 3 aromatic rings. The fraction of sp³-hybridized carbons (Fsp3) is 0.267. The van der Waals surface area contributed by atoms with Crippen LogP contribution in [-0.4, -0.2) is 25.3 Å². The third kappa shape index (κ3) is 2.41. The minimum absolute atomic E-state index is 0.801. The van der Waals surface area contributed by atoms with Crippen LogP contribution in [0.25, 0.3) is 17.0 Å². The van der Waals surface area contributed by atoms with Gasteiger partial charge in [-0.1, -0.05) is 48.5 Å². The van der Waals surface area contributed by atoms with Crippen LogP contribution in [0.2, 0.25) is 0 Å². The number of hydrogen-bond acceptors (Lipinski definition) is 4. The number of nitrogens with zero attached hydrogens (tertiary/aromatic N) is 4. The normalized spacial score (nSPS) is 11.2.